The van der Waals surface area contributed by atoms with Crippen LogP contribution >= 0.6 is 15.9 Å². The second kappa shape index (κ2) is 7.84. The molecule has 4 nitrogen and oxygen atoms in total. The second-order valence-electron chi connectivity index (χ2n) is 5.17. The lowest BCUT2D eigenvalue weighted by Crippen LogP contribution is -2.16. The van der Waals surface area contributed by atoms with Crippen LogP contribution in [0.25, 0.3) is 0 Å². The average molecular weight is 362 g/mol. The fourth-order valence-corrected chi connectivity index (χ4v) is 2.22. The molecule has 1 amide bonds. The van der Waals surface area contributed by atoms with E-state index in [4.69, 9.17) is 0 Å². The van der Waals surface area contributed by atoms with Gasteiger partial charge in [0, 0.05) is 48.6 Å². The molecule has 2 aromatic rings. The fourth-order valence-electron chi connectivity index (χ4n) is 1.95. The number of rotatable bonds is 6. The maximum Gasteiger partial charge on any atom is 0.226 e. The van der Waals surface area contributed by atoms with Gasteiger partial charge < -0.3 is 15.5 Å². The summed E-state index contributed by atoms with van der Waals surface area (Å²) in [6, 6.07) is 15.7. The molecule has 116 valence electrons. The first kappa shape index (κ1) is 16.4. The molecule has 2 aromatic carbocycles. The average Bonchev–Trinajstić information content (AvgIpc) is 2.50. The predicted molar refractivity (Wildman–Crippen MR) is 96.6 cm³/mol. The van der Waals surface area contributed by atoms with Crippen molar-refractivity contribution in [2.45, 2.75) is 6.42 Å². The number of amides is 1. The number of benzene rings is 2. The van der Waals surface area contributed by atoms with E-state index in [9.17, 15) is 4.79 Å². The predicted octanol–water partition coefficient (Wildman–Crippen LogP) is 3.96. The van der Waals surface area contributed by atoms with Crippen molar-refractivity contribution in [1.29, 1.82) is 0 Å². The zero-order valence-corrected chi connectivity index (χ0v) is 14.4. The molecule has 0 aliphatic carbocycles. The summed E-state index contributed by atoms with van der Waals surface area (Å²) in [4.78, 5) is 13.9. The third-order valence-electron chi connectivity index (χ3n) is 3.19. The van der Waals surface area contributed by atoms with Gasteiger partial charge in [0.25, 0.3) is 0 Å². The number of hydrogen-bond donors (Lipinski definition) is 2. The Labute approximate surface area is 139 Å². The molecule has 0 saturated heterocycles. The summed E-state index contributed by atoms with van der Waals surface area (Å²) in [5.74, 6) is -0.000246. The summed E-state index contributed by atoms with van der Waals surface area (Å²) in [5.41, 5.74) is 2.98. The molecule has 0 fully saturated rings. The number of carbonyl (C=O) groups excluding carboxylic acids is 1. The molecule has 22 heavy (non-hydrogen) atoms. The van der Waals surface area contributed by atoms with Gasteiger partial charge in [-0.1, -0.05) is 15.9 Å². The molecular weight excluding hydrogens is 342 g/mol. The second-order valence-corrected chi connectivity index (χ2v) is 6.09. The number of carbonyl (C=O) groups is 1. The van der Waals surface area contributed by atoms with Crippen LogP contribution in [-0.4, -0.2) is 26.5 Å². The van der Waals surface area contributed by atoms with Gasteiger partial charge in [0.15, 0.2) is 0 Å². The topological polar surface area (TPSA) is 44.4 Å². The molecule has 2 N–H and O–H groups in total. The summed E-state index contributed by atoms with van der Waals surface area (Å²) >= 11 is 3.37. The van der Waals surface area contributed by atoms with Gasteiger partial charge in [-0.15, -0.1) is 0 Å². The largest absolute Gasteiger partial charge is 0.385 e. The van der Waals surface area contributed by atoms with Gasteiger partial charge in [0.05, 0.1) is 0 Å². The lowest BCUT2D eigenvalue weighted by molar-refractivity contribution is -0.115. The van der Waals surface area contributed by atoms with Crippen molar-refractivity contribution in [3.8, 4) is 0 Å². The quantitative estimate of drug-likeness (QED) is 0.818. The molecule has 0 aliphatic rings. The minimum atomic E-state index is -0.000246. The smallest absolute Gasteiger partial charge is 0.226 e. The van der Waals surface area contributed by atoms with Gasteiger partial charge in [-0.25, -0.2) is 0 Å². The molecule has 0 atom stereocenters. The van der Waals surface area contributed by atoms with Gasteiger partial charge in [-0.3, -0.25) is 4.79 Å². The van der Waals surface area contributed by atoms with Crippen molar-refractivity contribution in [3.63, 3.8) is 0 Å². The SMILES string of the molecule is CN(C)c1ccc(NCCC(=O)Nc2ccc(Br)cc2)cc1. The third-order valence-corrected chi connectivity index (χ3v) is 3.72. The van der Waals surface area contributed by atoms with E-state index in [2.05, 4.69) is 31.5 Å². The van der Waals surface area contributed by atoms with E-state index in [0.717, 1.165) is 21.5 Å². The first-order chi connectivity index (χ1) is 10.5. The minimum absolute atomic E-state index is 0.000246. The van der Waals surface area contributed by atoms with Gasteiger partial charge in [-0.2, -0.15) is 0 Å². The molecule has 0 radical (unpaired) electrons. The van der Waals surface area contributed by atoms with E-state index in [1.807, 2.05) is 62.6 Å². The maximum atomic E-state index is 11.9. The van der Waals surface area contributed by atoms with Crippen molar-refractivity contribution in [2.75, 3.05) is 36.2 Å². The summed E-state index contributed by atoms with van der Waals surface area (Å²) in [5, 5.41) is 6.12. The van der Waals surface area contributed by atoms with Crippen molar-refractivity contribution in [1.82, 2.24) is 0 Å². The van der Waals surface area contributed by atoms with E-state index in [1.165, 1.54) is 0 Å². The van der Waals surface area contributed by atoms with Crippen molar-refractivity contribution in [3.05, 3.63) is 53.0 Å². The van der Waals surface area contributed by atoms with E-state index < -0.39 is 0 Å². The highest BCUT2D eigenvalue weighted by Crippen LogP contribution is 2.16. The summed E-state index contributed by atoms with van der Waals surface area (Å²) in [6.07, 6.45) is 0.422. The van der Waals surface area contributed by atoms with Crippen LogP contribution in [-0.2, 0) is 4.79 Å². The standard InChI is InChI=1S/C17H20BrN3O/c1-21(2)16-9-7-14(8-10-16)19-12-11-17(22)20-15-5-3-13(18)4-6-15/h3-10,19H,11-12H2,1-2H3,(H,20,22). The lowest BCUT2D eigenvalue weighted by Gasteiger charge is -2.13. The van der Waals surface area contributed by atoms with Gasteiger partial charge in [0.1, 0.15) is 0 Å². The van der Waals surface area contributed by atoms with E-state index in [-0.39, 0.29) is 5.91 Å². The van der Waals surface area contributed by atoms with Crippen LogP contribution in [0.4, 0.5) is 17.1 Å². The van der Waals surface area contributed by atoms with Crippen molar-refractivity contribution in [2.24, 2.45) is 0 Å². The van der Waals surface area contributed by atoms with Gasteiger partial charge in [-0.05, 0) is 48.5 Å². The Balaban J connectivity index is 1.75. The summed E-state index contributed by atoms with van der Waals surface area (Å²) in [6.45, 7) is 0.601. The molecule has 2 rings (SSSR count). The minimum Gasteiger partial charge on any atom is -0.385 e. The highest BCUT2D eigenvalue weighted by Gasteiger charge is 2.02. The Bertz CT molecular complexity index is 609. The molecule has 0 spiro atoms. The Morgan fingerprint density at radius 2 is 1.59 bits per heavy atom. The Morgan fingerprint density at radius 1 is 1.00 bits per heavy atom. The van der Waals surface area contributed by atoms with Crippen molar-refractivity contribution >= 4 is 38.9 Å². The first-order valence-corrected chi connectivity index (χ1v) is 7.90. The van der Waals surface area contributed by atoms with Gasteiger partial charge >= 0.3 is 0 Å². The van der Waals surface area contributed by atoms with Crippen LogP contribution in [0, 0.1) is 0 Å². The van der Waals surface area contributed by atoms with Crippen LogP contribution in [0.2, 0.25) is 0 Å². The zero-order valence-electron chi connectivity index (χ0n) is 12.8. The Kier molecular flexibility index (Phi) is 5.83. The molecule has 5 heteroatoms. The van der Waals surface area contributed by atoms with Crippen LogP contribution in [0.1, 0.15) is 6.42 Å². The van der Waals surface area contributed by atoms with Gasteiger partial charge in [0.2, 0.25) is 5.91 Å². The molecular formula is C17H20BrN3O. The monoisotopic (exact) mass is 361 g/mol. The van der Waals surface area contributed by atoms with Crippen molar-refractivity contribution < 1.29 is 4.79 Å². The first-order valence-electron chi connectivity index (χ1n) is 7.11. The molecule has 0 bridgehead atoms. The number of anilines is 3. The number of nitrogens with one attached hydrogen (secondary N) is 2. The van der Waals surface area contributed by atoms with Crippen LogP contribution in [0.5, 0.6) is 0 Å². The summed E-state index contributed by atoms with van der Waals surface area (Å²) in [7, 11) is 4.02. The molecule has 0 aliphatic heterocycles. The molecule has 0 aromatic heterocycles. The summed E-state index contributed by atoms with van der Waals surface area (Å²) < 4.78 is 0.994. The third kappa shape index (κ3) is 5.07. The number of hydrogen-bond acceptors (Lipinski definition) is 3. The van der Waals surface area contributed by atoms with E-state index in [0.29, 0.717) is 13.0 Å². The zero-order chi connectivity index (χ0) is 15.9. The lowest BCUT2D eigenvalue weighted by atomic mass is 10.2. The van der Waals surface area contributed by atoms with E-state index in [1.54, 1.807) is 0 Å². The highest BCUT2D eigenvalue weighted by atomic mass is 79.9. The van der Waals surface area contributed by atoms with Crippen LogP contribution < -0.4 is 15.5 Å². The van der Waals surface area contributed by atoms with Crippen LogP contribution in [0.15, 0.2) is 53.0 Å². The molecule has 0 saturated carbocycles. The highest BCUT2D eigenvalue weighted by molar-refractivity contribution is 9.10. The van der Waals surface area contributed by atoms with E-state index >= 15 is 0 Å². The normalized spacial score (nSPS) is 10.1. The molecule has 0 heterocycles. The number of nitrogens with zero attached hydrogens (tertiary/aromatic N) is 1. The number of halogens is 1. The molecule has 0 unspecified atom stereocenters. The van der Waals surface area contributed by atoms with Crippen LogP contribution in [0.3, 0.4) is 0 Å². The fraction of sp³-hybridized carbons (Fsp3) is 0.235. The Morgan fingerprint density at radius 3 is 2.18 bits per heavy atom. The maximum absolute atomic E-state index is 11.9. The Hall–Kier alpha value is -2.01.